The maximum absolute atomic E-state index is 13.3. The van der Waals surface area contributed by atoms with E-state index >= 15 is 0 Å². The summed E-state index contributed by atoms with van der Waals surface area (Å²) in [5, 5.41) is 6.42. The van der Waals surface area contributed by atoms with Crippen LogP contribution >= 0.6 is 11.3 Å². The van der Waals surface area contributed by atoms with Gasteiger partial charge in [0.15, 0.2) is 0 Å². The van der Waals surface area contributed by atoms with Crippen molar-refractivity contribution in [2.75, 3.05) is 32.8 Å². The molecule has 2 aromatic rings. The highest BCUT2D eigenvalue weighted by molar-refractivity contribution is 7.09. The number of aromatic nitrogens is 1. The third-order valence-electron chi connectivity index (χ3n) is 5.76. The Balaban J connectivity index is 1.47. The number of ether oxygens (including phenoxy) is 1. The SMILES string of the molecule is O=C(c1csc(CCc2ccccc2)n1)N1CCNCCC12CCOCC2. The molecule has 2 aliphatic rings. The van der Waals surface area contributed by atoms with E-state index in [9.17, 15) is 4.79 Å². The number of hydrogen-bond acceptors (Lipinski definition) is 5. The van der Waals surface area contributed by atoms with E-state index in [4.69, 9.17) is 4.74 Å². The van der Waals surface area contributed by atoms with Crippen LogP contribution in [-0.4, -0.2) is 54.2 Å². The summed E-state index contributed by atoms with van der Waals surface area (Å²) in [4.78, 5) is 20.1. The molecule has 1 spiro atoms. The number of amides is 1. The average Bonchev–Trinajstić information content (AvgIpc) is 3.10. The third kappa shape index (κ3) is 4.23. The minimum atomic E-state index is -0.0767. The predicted octanol–water partition coefficient (Wildman–Crippen LogP) is 2.91. The van der Waals surface area contributed by atoms with Crippen molar-refractivity contribution in [2.24, 2.45) is 0 Å². The normalized spacial score (nSPS) is 19.8. The van der Waals surface area contributed by atoms with Crippen LogP contribution in [0, 0.1) is 0 Å². The van der Waals surface area contributed by atoms with Crippen LogP contribution < -0.4 is 5.32 Å². The van der Waals surface area contributed by atoms with Crippen molar-refractivity contribution in [1.82, 2.24) is 15.2 Å². The lowest BCUT2D eigenvalue weighted by Gasteiger charge is -2.45. The number of nitrogens with one attached hydrogen (secondary N) is 1. The summed E-state index contributed by atoms with van der Waals surface area (Å²) in [5.41, 5.74) is 1.84. The quantitative estimate of drug-likeness (QED) is 0.879. The highest BCUT2D eigenvalue weighted by atomic mass is 32.1. The van der Waals surface area contributed by atoms with E-state index in [1.54, 1.807) is 11.3 Å². The van der Waals surface area contributed by atoms with Gasteiger partial charge in [0.05, 0.1) is 5.01 Å². The minimum absolute atomic E-state index is 0.0767. The smallest absolute Gasteiger partial charge is 0.273 e. The van der Waals surface area contributed by atoms with Crippen LogP contribution in [0.2, 0.25) is 0 Å². The molecule has 2 fully saturated rings. The van der Waals surface area contributed by atoms with Crippen molar-refractivity contribution in [3.63, 3.8) is 0 Å². The number of carbonyl (C=O) groups is 1. The van der Waals surface area contributed by atoms with Crippen LogP contribution in [0.15, 0.2) is 35.7 Å². The van der Waals surface area contributed by atoms with E-state index in [0.29, 0.717) is 5.69 Å². The van der Waals surface area contributed by atoms with Crippen molar-refractivity contribution < 1.29 is 9.53 Å². The molecule has 0 unspecified atom stereocenters. The molecular weight excluding hydrogens is 358 g/mol. The Kier molecular flexibility index (Phi) is 5.86. The molecule has 5 nitrogen and oxygen atoms in total. The van der Waals surface area contributed by atoms with Crippen LogP contribution in [0.1, 0.15) is 40.3 Å². The third-order valence-corrected chi connectivity index (χ3v) is 6.67. The summed E-state index contributed by atoms with van der Waals surface area (Å²) in [6.07, 6.45) is 4.67. The zero-order valence-corrected chi connectivity index (χ0v) is 16.5. The molecule has 27 heavy (non-hydrogen) atoms. The van der Waals surface area contributed by atoms with Gasteiger partial charge in [0.1, 0.15) is 5.69 Å². The van der Waals surface area contributed by atoms with Gasteiger partial charge in [-0.25, -0.2) is 4.98 Å². The molecule has 0 bridgehead atoms. The summed E-state index contributed by atoms with van der Waals surface area (Å²) in [6.45, 7) is 4.03. The lowest BCUT2D eigenvalue weighted by molar-refractivity contribution is -0.0185. The molecule has 1 N–H and O–H groups in total. The lowest BCUT2D eigenvalue weighted by Crippen LogP contribution is -2.55. The molecule has 1 amide bonds. The van der Waals surface area contributed by atoms with E-state index in [0.717, 1.165) is 70.0 Å². The van der Waals surface area contributed by atoms with E-state index < -0.39 is 0 Å². The summed E-state index contributed by atoms with van der Waals surface area (Å²) in [6, 6.07) is 10.4. The fourth-order valence-corrected chi connectivity index (χ4v) is 4.93. The Bertz CT molecular complexity index is 756. The molecule has 2 aliphatic heterocycles. The molecule has 1 aromatic heterocycles. The number of aryl methyl sites for hydroxylation is 2. The van der Waals surface area contributed by atoms with Crippen LogP contribution in [0.25, 0.3) is 0 Å². The van der Waals surface area contributed by atoms with Gasteiger partial charge in [0.25, 0.3) is 5.91 Å². The number of rotatable bonds is 4. The maximum atomic E-state index is 13.3. The zero-order chi connectivity index (χ0) is 18.5. The van der Waals surface area contributed by atoms with E-state index in [1.165, 1.54) is 5.56 Å². The second-order valence-electron chi connectivity index (χ2n) is 7.41. The van der Waals surface area contributed by atoms with Gasteiger partial charge in [-0.3, -0.25) is 4.79 Å². The number of benzene rings is 1. The number of carbonyl (C=O) groups excluding carboxylic acids is 1. The Morgan fingerprint density at radius 3 is 2.78 bits per heavy atom. The Morgan fingerprint density at radius 1 is 1.15 bits per heavy atom. The molecule has 1 aromatic carbocycles. The Labute approximate surface area is 164 Å². The first-order chi connectivity index (χ1) is 13.3. The van der Waals surface area contributed by atoms with Gasteiger partial charge in [-0.1, -0.05) is 30.3 Å². The van der Waals surface area contributed by atoms with Gasteiger partial charge in [-0.15, -0.1) is 11.3 Å². The van der Waals surface area contributed by atoms with Gasteiger partial charge in [-0.05, 0) is 37.8 Å². The number of nitrogens with zero attached hydrogens (tertiary/aromatic N) is 2. The highest BCUT2D eigenvalue weighted by Crippen LogP contribution is 2.33. The van der Waals surface area contributed by atoms with Crippen molar-refractivity contribution in [2.45, 2.75) is 37.6 Å². The molecular formula is C21H27N3O2S. The highest BCUT2D eigenvalue weighted by Gasteiger charge is 2.42. The second-order valence-corrected chi connectivity index (χ2v) is 8.35. The molecule has 2 saturated heterocycles. The van der Waals surface area contributed by atoms with Gasteiger partial charge in [-0.2, -0.15) is 0 Å². The first-order valence-corrected chi connectivity index (χ1v) is 10.7. The summed E-state index contributed by atoms with van der Waals surface area (Å²) in [5.74, 6) is 0.0859. The van der Waals surface area contributed by atoms with Crippen molar-refractivity contribution in [1.29, 1.82) is 0 Å². The van der Waals surface area contributed by atoms with Gasteiger partial charge < -0.3 is 15.0 Å². The number of thiazole rings is 1. The fraction of sp³-hybridized carbons (Fsp3) is 0.524. The minimum Gasteiger partial charge on any atom is -0.381 e. The van der Waals surface area contributed by atoms with Crippen LogP contribution in [0.5, 0.6) is 0 Å². The van der Waals surface area contributed by atoms with Crippen molar-refractivity contribution in [3.8, 4) is 0 Å². The number of hydrogen-bond donors (Lipinski definition) is 1. The van der Waals surface area contributed by atoms with E-state index in [-0.39, 0.29) is 11.4 Å². The van der Waals surface area contributed by atoms with Crippen molar-refractivity contribution >= 4 is 17.2 Å². The molecule has 0 aliphatic carbocycles. The van der Waals surface area contributed by atoms with Gasteiger partial charge in [0.2, 0.25) is 0 Å². The topological polar surface area (TPSA) is 54.5 Å². The Hall–Kier alpha value is -1.76. The van der Waals surface area contributed by atoms with Crippen LogP contribution in [0.4, 0.5) is 0 Å². The van der Waals surface area contributed by atoms with Crippen molar-refractivity contribution in [3.05, 3.63) is 52.0 Å². The monoisotopic (exact) mass is 385 g/mol. The van der Waals surface area contributed by atoms with Crippen LogP contribution in [-0.2, 0) is 17.6 Å². The standard InChI is InChI=1S/C21H27N3O2S/c25-20(24-13-12-22-11-8-21(24)9-14-26-15-10-21)18-16-27-19(23-18)7-6-17-4-2-1-3-5-17/h1-5,16,22H,6-15H2. The molecule has 4 rings (SSSR count). The summed E-state index contributed by atoms with van der Waals surface area (Å²) in [7, 11) is 0. The predicted molar refractivity (Wildman–Crippen MR) is 107 cm³/mol. The molecule has 0 radical (unpaired) electrons. The fourth-order valence-electron chi connectivity index (χ4n) is 4.16. The summed E-state index contributed by atoms with van der Waals surface area (Å²) < 4.78 is 5.58. The Morgan fingerprint density at radius 2 is 1.96 bits per heavy atom. The van der Waals surface area contributed by atoms with E-state index in [1.807, 2.05) is 11.4 Å². The maximum Gasteiger partial charge on any atom is 0.273 e. The van der Waals surface area contributed by atoms with Gasteiger partial charge in [0, 0.05) is 43.6 Å². The average molecular weight is 386 g/mol. The molecule has 0 saturated carbocycles. The zero-order valence-electron chi connectivity index (χ0n) is 15.7. The first-order valence-electron chi connectivity index (χ1n) is 9.86. The molecule has 3 heterocycles. The van der Waals surface area contributed by atoms with E-state index in [2.05, 4.69) is 39.5 Å². The second kappa shape index (κ2) is 8.50. The van der Waals surface area contributed by atoms with Crippen LogP contribution in [0.3, 0.4) is 0 Å². The largest absolute Gasteiger partial charge is 0.381 e. The summed E-state index contributed by atoms with van der Waals surface area (Å²) >= 11 is 1.60. The first kappa shape index (κ1) is 18.6. The molecule has 144 valence electrons. The lowest BCUT2D eigenvalue weighted by atomic mass is 9.84. The molecule has 0 atom stereocenters. The molecule has 6 heteroatoms. The van der Waals surface area contributed by atoms with Gasteiger partial charge >= 0.3 is 0 Å².